The van der Waals surface area contributed by atoms with Crippen molar-refractivity contribution in [3.05, 3.63) is 108 Å². The second kappa shape index (κ2) is 5.36. The number of aromatic nitrogens is 4. The first-order chi connectivity index (χ1) is 16.8. The topological polar surface area (TPSA) is 31.8 Å². The summed E-state index contributed by atoms with van der Waals surface area (Å²) < 4.78 is 18.6. The lowest BCUT2D eigenvalue weighted by molar-refractivity contribution is -0.796. The summed E-state index contributed by atoms with van der Waals surface area (Å²) in [4.78, 5) is 0. The Labute approximate surface area is 195 Å². The Morgan fingerprint density at radius 3 is 1.32 bits per heavy atom. The summed E-state index contributed by atoms with van der Waals surface area (Å²) in [6.07, 6.45) is 21.7. The molecule has 1 fully saturated rings. The smallest absolute Gasteiger partial charge is 0.201 e. The Morgan fingerprint density at radius 1 is 0.500 bits per heavy atom. The molecule has 1 saturated heterocycles. The highest BCUT2D eigenvalue weighted by Gasteiger charge is 2.68. The molecule has 0 saturated carbocycles. The molecule has 6 aliphatic rings. The molecule has 0 radical (unpaired) electrons. The Morgan fingerprint density at radius 2 is 0.882 bits per heavy atom. The number of hydrogen-bond donors (Lipinski definition) is 0. The lowest BCUT2D eigenvalue weighted by Gasteiger charge is -2.16. The minimum absolute atomic E-state index is 0.169. The van der Waals surface area contributed by atoms with Crippen molar-refractivity contribution in [3.8, 4) is 0 Å². The first-order valence-corrected chi connectivity index (χ1v) is 11.7. The molecule has 0 aliphatic carbocycles. The van der Waals surface area contributed by atoms with E-state index in [0.717, 1.165) is 13.1 Å². The van der Waals surface area contributed by atoms with Crippen LogP contribution in [0.25, 0.3) is 0 Å². The first kappa shape index (κ1) is 17.1. The Balaban J connectivity index is 0.000000104. The number of fused-ring (bicyclic) bond motifs is 4. The highest BCUT2D eigenvalue weighted by molar-refractivity contribution is 5.79. The minimum Gasteiger partial charge on any atom is -0.201 e. The fourth-order valence-corrected chi connectivity index (χ4v) is 6.70. The monoisotopic (exact) mass is 446 g/mol. The van der Waals surface area contributed by atoms with Crippen molar-refractivity contribution in [2.75, 3.05) is 13.1 Å². The van der Waals surface area contributed by atoms with E-state index in [1.807, 2.05) is 0 Å². The molecule has 0 amide bonds. The van der Waals surface area contributed by atoms with Crippen LogP contribution in [0.15, 0.2) is 85.7 Å². The van der Waals surface area contributed by atoms with Gasteiger partial charge in [-0.05, 0) is 48.5 Å². The van der Waals surface area contributed by atoms with Gasteiger partial charge in [0.15, 0.2) is 12.4 Å². The third-order valence-corrected chi connectivity index (χ3v) is 7.97. The molecule has 34 heavy (non-hydrogen) atoms. The predicted molar refractivity (Wildman–Crippen MR) is 125 cm³/mol. The SMILES string of the molecule is C1=C[N+]2=Cc3cccn3C23n2cccc2C=[N+]13.C1=[N+]2CC[N+]3=Cc4cccn4C23n2cccc21. The van der Waals surface area contributed by atoms with E-state index in [2.05, 4.69) is 147 Å². The van der Waals surface area contributed by atoms with Crippen LogP contribution in [0.2, 0.25) is 0 Å². The van der Waals surface area contributed by atoms with Gasteiger partial charge >= 0.3 is 11.8 Å². The lowest BCUT2D eigenvalue weighted by atomic mass is 10.4. The van der Waals surface area contributed by atoms with E-state index < -0.39 is 0 Å². The van der Waals surface area contributed by atoms with Crippen LogP contribution in [0, 0.1) is 0 Å². The summed E-state index contributed by atoms with van der Waals surface area (Å²) in [5, 5.41) is 0. The Kier molecular flexibility index (Phi) is 2.69. The molecule has 162 valence electrons. The van der Waals surface area contributed by atoms with E-state index in [1.165, 1.54) is 22.8 Å². The van der Waals surface area contributed by atoms with Crippen LogP contribution in [0.4, 0.5) is 0 Å². The normalized spacial score (nSPS) is 21.2. The second-order valence-corrected chi connectivity index (χ2v) is 9.43. The van der Waals surface area contributed by atoms with E-state index in [9.17, 15) is 0 Å². The van der Waals surface area contributed by atoms with Crippen LogP contribution in [0.5, 0.6) is 0 Å². The van der Waals surface area contributed by atoms with Crippen LogP contribution in [0.3, 0.4) is 0 Å². The van der Waals surface area contributed by atoms with Gasteiger partial charge in [-0.15, -0.1) is 9.15 Å². The molecule has 0 aromatic carbocycles. The maximum atomic E-state index is 2.43. The average Bonchev–Trinajstić information content (AvgIpc) is 3.59. The van der Waals surface area contributed by atoms with Crippen molar-refractivity contribution >= 4 is 24.9 Å². The van der Waals surface area contributed by atoms with E-state index in [4.69, 9.17) is 0 Å². The summed E-state index contributed by atoms with van der Waals surface area (Å²) in [5.74, 6) is -0.449. The van der Waals surface area contributed by atoms with Gasteiger partial charge in [-0.25, -0.2) is 18.3 Å². The Hall–Kier alpha value is -4.46. The maximum Gasteiger partial charge on any atom is 0.551 e. The van der Waals surface area contributed by atoms with Crippen molar-refractivity contribution in [3.63, 3.8) is 0 Å². The van der Waals surface area contributed by atoms with Gasteiger partial charge in [0, 0.05) is 24.8 Å². The summed E-state index contributed by atoms with van der Waals surface area (Å²) in [6.45, 7) is 2.16. The van der Waals surface area contributed by atoms with E-state index >= 15 is 0 Å². The molecule has 8 heteroatoms. The average molecular weight is 447 g/mol. The molecule has 10 rings (SSSR count). The van der Waals surface area contributed by atoms with Gasteiger partial charge < -0.3 is 0 Å². The molecule has 6 aliphatic heterocycles. The molecule has 8 nitrogen and oxygen atoms in total. The van der Waals surface area contributed by atoms with Gasteiger partial charge in [0.2, 0.25) is 37.9 Å². The van der Waals surface area contributed by atoms with Crippen LogP contribution in [-0.2, 0) is 11.8 Å². The molecule has 0 N–H and O–H groups in total. The van der Waals surface area contributed by atoms with E-state index in [0.29, 0.717) is 0 Å². The fraction of sp³-hybridized carbons (Fsp3) is 0.154. The zero-order valence-electron chi connectivity index (χ0n) is 18.4. The summed E-state index contributed by atoms with van der Waals surface area (Å²) in [7, 11) is 0. The second-order valence-electron chi connectivity index (χ2n) is 9.43. The molecule has 10 heterocycles. The third-order valence-electron chi connectivity index (χ3n) is 7.97. The van der Waals surface area contributed by atoms with Gasteiger partial charge in [-0.3, -0.25) is 0 Å². The third kappa shape index (κ3) is 1.62. The van der Waals surface area contributed by atoms with Crippen LogP contribution < -0.4 is 0 Å². The fourth-order valence-electron chi connectivity index (χ4n) is 6.70. The van der Waals surface area contributed by atoms with Crippen molar-refractivity contribution in [2.45, 2.75) is 11.8 Å². The quantitative estimate of drug-likeness (QED) is 0.363. The van der Waals surface area contributed by atoms with Gasteiger partial charge in [0.05, 0.1) is 0 Å². The molecule has 4 aromatic rings. The summed E-state index contributed by atoms with van der Waals surface area (Å²) in [6, 6.07) is 17.1. The maximum absolute atomic E-state index is 2.43. The molecule has 0 bridgehead atoms. The van der Waals surface area contributed by atoms with Crippen molar-refractivity contribution in [1.29, 1.82) is 0 Å². The first-order valence-electron chi connectivity index (χ1n) is 11.7. The van der Waals surface area contributed by atoms with Crippen molar-refractivity contribution < 1.29 is 18.3 Å². The molecule has 0 unspecified atom stereocenters. The largest absolute Gasteiger partial charge is 0.551 e. The van der Waals surface area contributed by atoms with Crippen LogP contribution >= 0.6 is 0 Å². The molecular weight excluding hydrogens is 424 g/mol. The van der Waals surface area contributed by atoms with Crippen LogP contribution in [-0.4, -0.2) is 74.5 Å². The highest BCUT2D eigenvalue weighted by atomic mass is 15.6. The molecule has 4 aromatic heterocycles. The van der Waals surface area contributed by atoms with Gasteiger partial charge in [0.25, 0.3) is 0 Å². The van der Waals surface area contributed by atoms with E-state index in [1.54, 1.807) is 0 Å². The molecular formula is C26H22N8+4. The Bertz CT molecular complexity index is 1580. The molecule has 2 spiro atoms. The van der Waals surface area contributed by atoms with Gasteiger partial charge in [-0.2, -0.15) is 0 Å². The van der Waals surface area contributed by atoms with Crippen molar-refractivity contribution in [1.82, 2.24) is 18.3 Å². The van der Waals surface area contributed by atoms with Crippen LogP contribution in [0.1, 0.15) is 22.8 Å². The predicted octanol–water partition coefficient (Wildman–Crippen LogP) is 1.09. The number of nitrogens with zero attached hydrogens (tertiary/aromatic N) is 8. The molecule has 0 atom stereocenters. The summed E-state index contributed by atoms with van der Waals surface area (Å²) >= 11 is 0. The number of hydrogen-bond acceptors (Lipinski definition) is 0. The minimum atomic E-state index is -0.280. The lowest BCUT2D eigenvalue weighted by Crippen LogP contribution is -2.48. The van der Waals surface area contributed by atoms with Gasteiger partial charge in [0.1, 0.15) is 22.8 Å². The standard InChI is InChI=1S/C13H12N4.C13H10N4/c2*1-3-11-9-14-7-8-15-10-12-4-2-6-17(12)13(14,15)16(11)5-1/h1-6,9-10H,7-8H2;1-10H/q2*+2. The van der Waals surface area contributed by atoms with Crippen molar-refractivity contribution in [2.24, 2.45) is 0 Å². The number of rotatable bonds is 0. The van der Waals surface area contributed by atoms with E-state index in [-0.39, 0.29) is 11.8 Å². The zero-order valence-corrected chi connectivity index (χ0v) is 18.4. The van der Waals surface area contributed by atoms with Gasteiger partial charge in [-0.1, -0.05) is 9.15 Å². The zero-order chi connectivity index (χ0) is 22.1. The summed E-state index contributed by atoms with van der Waals surface area (Å²) in [5.41, 5.74) is 5.03. The highest BCUT2D eigenvalue weighted by Crippen LogP contribution is 2.38.